The molecule has 0 aliphatic carbocycles. The van der Waals surface area contributed by atoms with Gasteiger partial charge in [-0.05, 0) is 6.92 Å². The molecule has 0 saturated carbocycles. The van der Waals surface area contributed by atoms with Crippen LogP contribution in [-0.2, 0) is 9.53 Å². The number of nitrogens with one attached hydrogen (secondary N) is 1. The van der Waals surface area contributed by atoms with E-state index in [1.165, 1.54) is 6.08 Å². The Bertz CT molecular complexity index is 129. The van der Waals surface area contributed by atoms with Gasteiger partial charge in [-0.15, -0.1) is 0 Å². The molecule has 0 radical (unpaired) electrons. The van der Waals surface area contributed by atoms with E-state index in [1.807, 2.05) is 0 Å². The van der Waals surface area contributed by atoms with Crippen molar-refractivity contribution in [2.45, 2.75) is 6.92 Å². The Morgan fingerprint density at radius 3 is 2.78 bits per heavy atom. The molecule has 50 valence electrons. The Balaban J connectivity index is 3.80. The fourth-order valence-electron chi connectivity index (χ4n) is 0.372. The standard InChI is InChI=1S/C6H9NO2/c1-2-9-6(5-7)3-4-8/h3-5,7H,2H2,1H3/b6-3+,7-5?. The van der Waals surface area contributed by atoms with Crippen LogP contribution in [-0.4, -0.2) is 19.1 Å². The lowest BCUT2D eigenvalue weighted by molar-refractivity contribution is -0.104. The van der Waals surface area contributed by atoms with Crippen molar-refractivity contribution in [3.05, 3.63) is 11.8 Å². The smallest absolute Gasteiger partial charge is 0.146 e. The molecule has 3 nitrogen and oxygen atoms in total. The first-order chi connectivity index (χ1) is 4.35. The van der Waals surface area contributed by atoms with Crippen molar-refractivity contribution in [2.24, 2.45) is 0 Å². The molecule has 0 saturated heterocycles. The third-order valence-electron chi connectivity index (χ3n) is 0.686. The zero-order valence-corrected chi connectivity index (χ0v) is 5.26. The quantitative estimate of drug-likeness (QED) is 0.262. The molecule has 0 aliphatic rings. The van der Waals surface area contributed by atoms with Gasteiger partial charge in [0.2, 0.25) is 0 Å². The lowest BCUT2D eigenvalue weighted by Gasteiger charge is -1.97. The Labute approximate surface area is 53.8 Å². The monoisotopic (exact) mass is 127 g/mol. The van der Waals surface area contributed by atoms with E-state index >= 15 is 0 Å². The number of hydrogen-bond acceptors (Lipinski definition) is 3. The van der Waals surface area contributed by atoms with Crippen molar-refractivity contribution in [3.8, 4) is 0 Å². The normalized spacial score (nSPS) is 10.6. The maximum absolute atomic E-state index is 9.79. The van der Waals surface area contributed by atoms with E-state index in [2.05, 4.69) is 0 Å². The maximum atomic E-state index is 9.79. The van der Waals surface area contributed by atoms with Crippen LogP contribution in [0.5, 0.6) is 0 Å². The van der Waals surface area contributed by atoms with Crippen LogP contribution in [0.1, 0.15) is 6.92 Å². The predicted octanol–water partition coefficient (Wildman–Crippen LogP) is 0.755. The Morgan fingerprint density at radius 1 is 1.78 bits per heavy atom. The van der Waals surface area contributed by atoms with Crippen molar-refractivity contribution < 1.29 is 9.53 Å². The van der Waals surface area contributed by atoms with Crippen molar-refractivity contribution in [1.29, 1.82) is 5.41 Å². The summed E-state index contributed by atoms with van der Waals surface area (Å²) in [7, 11) is 0. The molecular formula is C6H9NO2. The lowest BCUT2D eigenvalue weighted by Crippen LogP contribution is -1.91. The molecule has 0 unspecified atom stereocenters. The highest BCUT2D eigenvalue weighted by Crippen LogP contribution is 1.88. The average molecular weight is 127 g/mol. The van der Waals surface area contributed by atoms with Gasteiger partial charge in [-0.3, -0.25) is 4.79 Å². The highest BCUT2D eigenvalue weighted by molar-refractivity contribution is 5.80. The van der Waals surface area contributed by atoms with Crippen LogP contribution < -0.4 is 0 Å². The molecule has 0 heterocycles. The summed E-state index contributed by atoms with van der Waals surface area (Å²) >= 11 is 0. The fourth-order valence-corrected chi connectivity index (χ4v) is 0.372. The van der Waals surface area contributed by atoms with Gasteiger partial charge in [-0.25, -0.2) is 0 Å². The molecule has 0 atom stereocenters. The summed E-state index contributed by atoms with van der Waals surface area (Å²) in [6.07, 6.45) is 2.80. The average Bonchev–Trinajstić information content (AvgIpc) is 1.88. The number of carbonyl (C=O) groups excluding carboxylic acids is 1. The third-order valence-corrected chi connectivity index (χ3v) is 0.686. The first-order valence-corrected chi connectivity index (χ1v) is 2.63. The first-order valence-electron chi connectivity index (χ1n) is 2.63. The van der Waals surface area contributed by atoms with Crippen LogP contribution in [0.4, 0.5) is 0 Å². The molecule has 0 aromatic heterocycles. The van der Waals surface area contributed by atoms with E-state index < -0.39 is 0 Å². The fraction of sp³-hybridized carbons (Fsp3) is 0.333. The third kappa shape index (κ3) is 3.46. The number of aldehydes is 1. The molecule has 0 bridgehead atoms. The van der Waals surface area contributed by atoms with Crippen LogP contribution in [0, 0.1) is 5.41 Å². The van der Waals surface area contributed by atoms with E-state index in [9.17, 15) is 4.79 Å². The number of carbonyl (C=O) groups is 1. The summed E-state index contributed by atoms with van der Waals surface area (Å²) in [5.74, 6) is 0.299. The molecule has 0 aromatic carbocycles. The van der Waals surface area contributed by atoms with Gasteiger partial charge in [0.15, 0.2) is 0 Å². The van der Waals surface area contributed by atoms with E-state index in [-0.39, 0.29) is 0 Å². The molecule has 3 heteroatoms. The molecule has 0 rings (SSSR count). The van der Waals surface area contributed by atoms with Gasteiger partial charge >= 0.3 is 0 Å². The first kappa shape index (κ1) is 7.88. The summed E-state index contributed by atoms with van der Waals surface area (Å²) in [6.45, 7) is 2.27. The van der Waals surface area contributed by atoms with Crippen LogP contribution >= 0.6 is 0 Å². The van der Waals surface area contributed by atoms with Crippen molar-refractivity contribution in [3.63, 3.8) is 0 Å². The Morgan fingerprint density at radius 2 is 2.44 bits per heavy atom. The molecular weight excluding hydrogens is 118 g/mol. The minimum atomic E-state index is 0.299. The van der Waals surface area contributed by atoms with Gasteiger partial charge in [0, 0.05) is 6.08 Å². The van der Waals surface area contributed by atoms with Gasteiger partial charge in [0.05, 0.1) is 12.8 Å². The van der Waals surface area contributed by atoms with E-state index in [1.54, 1.807) is 6.92 Å². The molecule has 1 N–H and O–H groups in total. The summed E-state index contributed by atoms with van der Waals surface area (Å²) in [6, 6.07) is 0. The number of rotatable bonds is 4. The van der Waals surface area contributed by atoms with Crippen LogP contribution in [0.15, 0.2) is 11.8 Å². The van der Waals surface area contributed by atoms with Gasteiger partial charge in [0.1, 0.15) is 12.0 Å². The Hall–Kier alpha value is -1.12. The van der Waals surface area contributed by atoms with Crippen molar-refractivity contribution >= 4 is 12.5 Å². The molecule has 0 spiro atoms. The van der Waals surface area contributed by atoms with Crippen molar-refractivity contribution in [2.75, 3.05) is 6.61 Å². The summed E-state index contributed by atoms with van der Waals surface area (Å²) in [5.41, 5.74) is 0. The number of ether oxygens (including phenoxy) is 1. The van der Waals surface area contributed by atoms with Gasteiger partial charge in [-0.1, -0.05) is 0 Å². The van der Waals surface area contributed by atoms with Crippen LogP contribution in [0.25, 0.3) is 0 Å². The molecule has 0 fully saturated rings. The maximum Gasteiger partial charge on any atom is 0.146 e. The summed E-state index contributed by atoms with van der Waals surface area (Å²) in [4.78, 5) is 9.79. The van der Waals surface area contributed by atoms with E-state index in [4.69, 9.17) is 10.1 Å². The van der Waals surface area contributed by atoms with Gasteiger partial charge in [0.25, 0.3) is 0 Å². The largest absolute Gasteiger partial charge is 0.492 e. The minimum absolute atomic E-state index is 0.299. The van der Waals surface area contributed by atoms with Crippen LogP contribution in [0.2, 0.25) is 0 Å². The highest BCUT2D eigenvalue weighted by Gasteiger charge is 1.86. The topological polar surface area (TPSA) is 50.1 Å². The summed E-state index contributed by atoms with van der Waals surface area (Å²) < 4.78 is 4.82. The van der Waals surface area contributed by atoms with Gasteiger partial charge < -0.3 is 10.1 Å². The highest BCUT2D eigenvalue weighted by atomic mass is 16.5. The molecule has 9 heavy (non-hydrogen) atoms. The second-order valence-corrected chi connectivity index (χ2v) is 1.28. The second-order valence-electron chi connectivity index (χ2n) is 1.28. The van der Waals surface area contributed by atoms with E-state index in [0.29, 0.717) is 18.7 Å². The van der Waals surface area contributed by atoms with Gasteiger partial charge in [-0.2, -0.15) is 0 Å². The van der Waals surface area contributed by atoms with E-state index in [0.717, 1.165) is 6.21 Å². The zero-order valence-electron chi connectivity index (χ0n) is 5.26. The lowest BCUT2D eigenvalue weighted by atomic mass is 10.5. The van der Waals surface area contributed by atoms with Crippen molar-refractivity contribution in [1.82, 2.24) is 0 Å². The van der Waals surface area contributed by atoms with Crippen LogP contribution in [0.3, 0.4) is 0 Å². The SMILES string of the molecule is CCO/C(C=N)=C/C=O. The number of allylic oxidation sites excluding steroid dienone is 2. The minimum Gasteiger partial charge on any atom is -0.492 e. The molecule has 0 aromatic rings. The number of hydrogen-bond donors (Lipinski definition) is 1. The Kier molecular flexibility index (Phi) is 4.40. The molecule has 0 aliphatic heterocycles. The zero-order chi connectivity index (χ0) is 7.11. The predicted molar refractivity (Wildman–Crippen MR) is 34.6 cm³/mol. The molecule has 0 amide bonds. The summed E-state index contributed by atoms with van der Waals surface area (Å²) in [5, 5.41) is 6.69. The second kappa shape index (κ2) is 5.03.